The van der Waals surface area contributed by atoms with Gasteiger partial charge in [0.05, 0.1) is 5.69 Å². The number of carbonyl (C=O) groups is 1. The summed E-state index contributed by atoms with van der Waals surface area (Å²) in [4.78, 5) is 12.0. The minimum Gasteiger partial charge on any atom is -0.311 e. The van der Waals surface area contributed by atoms with Crippen molar-refractivity contribution in [3.05, 3.63) is 35.6 Å². The van der Waals surface area contributed by atoms with Crippen LogP contribution < -0.4 is 5.32 Å². The Kier molecular flexibility index (Phi) is 4.28. The topological polar surface area (TPSA) is 46.9 Å². The highest BCUT2D eigenvalue weighted by atomic mass is 19.3. The van der Waals surface area contributed by atoms with Gasteiger partial charge in [0.15, 0.2) is 0 Å². The smallest absolute Gasteiger partial charge is 0.311 e. The van der Waals surface area contributed by atoms with Gasteiger partial charge in [-0.2, -0.15) is 22.7 Å². The molecule has 0 unspecified atom stereocenters. The van der Waals surface area contributed by atoms with E-state index in [4.69, 9.17) is 0 Å². The van der Waals surface area contributed by atoms with Crippen molar-refractivity contribution in [1.29, 1.82) is 0 Å². The average molecular weight is 373 g/mol. The lowest BCUT2D eigenvalue weighted by Gasteiger charge is -2.43. The third kappa shape index (κ3) is 2.95. The molecule has 4 nitrogen and oxygen atoms in total. The molecule has 1 heterocycles. The highest BCUT2D eigenvalue weighted by molar-refractivity contribution is 5.92. The molecule has 1 saturated carbocycles. The van der Waals surface area contributed by atoms with Crippen LogP contribution in [0.4, 0.5) is 27.8 Å². The van der Waals surface area contributed by atoms with Crippen LogP contribution in [0.25, 0.3) is 11.3 Å². The van der Waals surface area contributed by atoms with Crippen molar-refractivity contribution in [1.82, 2.24) is 9.78 Å². The van der Waals surface area contributed by atoms with E-state index in [0.29, 0.717) is 16.8 Å². The fraction of sp³-hybridized carbons (Fsp3) is 0.412. The Morgan fingerprint density at radius 1 is 1.27 bits per heavy atom. The summed E-state index contributed by atoms with van der Waals surface area (Å²) in [5.41, 5.74) is 1.66. The van der Waals surface area contributed by atoms with E-state index in [1.54, 1.807) is 14.0 Å². The molecule has 26 heavy (non-hydrogen) atoms. The van der Waals surface area contributed by atoms with Gasteiger partial charge >= 0.3 is 11.8 Å². The Hall–Kier alpha value is -2.45. The fourth-order valence-electron chi connectivity index (χ4n) is 3.04. The Morgan fingerprint density at radius 2 is 1.88 bits per heavy atom. The molecule has 0 radical (unpaired) electrons. The number of alkyl halides is 4. The number of nitrogens with zero attached hydrogens (tertiary/aromatic N) is 2. The second-order valence-corrected chi connectivity index (χ2v) is 6.43. The summed E-state index contributed by atoms with van der Waals surface area (Å²) in [7, 11) is 1.54. The van der Waals surface area contributed by atoms with Crippen LogP contribution in [0.1, 0.15) is 18.4 Å². The highest BCUT2D eigenvalue weighted by Crippen LogP contribution is 2.56. The number of nitrogens with one attached hydrogen (secondary N) is 1. The number of benzene rings is 1. The number of halogens is 5. The van der Waals surface area contributed by atoms with Gasteiger partial charge in [-0.25, -0.2) is 4.39 Å². The summed E-state index contributed by atoms with van der Waals surface area (Å²) >= 11 is 0. The van der Waals surface area contributed by atoms with Crippen LogP contribution in [0.3, 0.4) is 0 Å². The first-order chi connectivity index (χ1) is 12.0. The molecule has 0 spiro atoms. The van der Waals surface area contributed by atoms with Crippen LogP contribution in [-0.4, -0.2) is 27.5 Å². The lowest BCUT2D eigenvalue weighted by Crippen LogP contribution is -2.59. The maximum Gasteiger partial charge on any atom is 0.313 e. The number of rotatable bonds is 4. The molecule has 1 atom stereocenters. The monoisotopic (exact) mass is 373 g/mol. The van der Waals surface area contributed by atoms with Crippen LogP contribution in [0.5, 0.6) is 0 Å². The zero-order valence-electron chi connectivity index (χ0n) is 14.0. The lowest BCUT2D eigenvalue weighted by molar-refractivity contribution is -0.313. The van der Waals surface area contributed by atoms with E-state index < -0.39 is 42.3 Å². The van der Waals surface area contributed by atoms with Crippen LogP contribution in [-0.2, 0) is 11.8 Å². The Morgan fingerprint density at radius 3 is 2.42 bits per heavy atom. The second kappa shape index (κ2) is 6.07. The van der Waals surface area contributed by atoms with E-state index in [1.807, 2.05) is 0 Å². The minimum atomic E-state index is -4.18. The molecular weight excluding hydrogens is 357 g/mol. The Balaban J connectivity index is 1.74. The van der Waals surface area contributed by atoms with Gasteiger partial charge in [0.1, 0.15) is 11.6 Å². The predicted molar refractivity (Wildman–Crippen MR) is 84.6 cm³/mol. The predicted octanol–water partition coefficient (Wildman–Crippen LogP) is 4.15. The molecule has 1 aliphatic rings. The SMILES string of the molecule is Cc1c(-c2ccc(F)cc2)nn(C)c1NC(=O)C[C@@H]1CC(F)(F)C1(F)F. The Bertz CT molecular complexity index is 845. The summed E-state index contributed by atoms with van der Waals surface area (Å²) < 4.78 is 66.8. The zero-order chi connectivity index (χ0) is 19.3. The molecule has 1 aromatic heterocycles. The molecule has 9 heteroatoms. The molecule has 140 valence electrons. The van der Waals surface area contributed by atoms with Gasteiger partial charge in [0.25, 0.3) is 0 Å². The molecule has 1 aromatic carbocycles. The molecule has 1 amide bonds. The van der Waals surface area contributed by atoms with Crippen LogP contribution in [0.2, 0.25) is 0 Å². The largest absolute Gasteiger partial charge is 0.313 e. The number of hydrogen-bond donors (Lipinski definition) is 1. The molecular formula is C17H16F5N3O. The number of aryl methyl sites for hydroxylation is 1. The maximum atomic E-state index is 13.3. The quantitative estimate of drug-likeness (QED) is 0.819. The maximum absolute atomic E-state index is 13.3. The summed E-state index contributed by atoms with van der Waals surface area (Å²) in [6.45, 7) is 1.66. The van der Waals surface area contributed by atoms with Crippen molar-refractivity contribution in [2.24, 2.45) is 13.0 Å². The van der Waals surface area contributed by atoms with E-state index in [-0.39, 0.29) is 5.82 Å². The van der Waals surface area contributed by atoms with E-state index in [1.165, 1.54) is 28.9 Å². The molecule has 1 fully saturated rings. The van der Waals surface area contributed by atoms with Gasteiger partial charge in [-0.3, -0.25) is 9.48 Å². The third-order valence-electron chi connectivity index (χ3n) is 4.59. The van der Waals surface area contributed by atoms with Gasteiger partial charge in [-0.1, -0.05) is 0 Å². The summed E-state index contributed by atoms with van der Waals surface area (Å²) in [6, 6.07) is 5.57. The van der Waals surface area contributed by atoms with Crippen LogP contribution in [0, 0.1) is 18.7 Å². The summed E-state index contributed by atoms with van der Waals surface area (Å²) in [5.74, 6) is -10.9. The summed E-state index contributed by atoms with van der Waals surface area (Å²) in [5, 5.41) is 6.69. The standard InChI is InChI=1S/C17H16F5N3O/c1-9-14(10-3-5-12(18)6-4-10)24-25(2)15(9)23-13(26)7-11-8-16(19,20)17(11,21)22/h3-6,11H,7-8H2,1-2H3,(H,23,26)/t11-/m1/s1. The first-order valence-corrected chi connectivity index (χ1v) is 7.88. The average Bonchev–Trinajstić information content (AvgIpc) is 2.83. The highest BCUT2D eigenvalue weighted by Gasteiger charge is 2.71. The molecule has 3 rings (SSSR count). The normalized spacial score (nSPS) is 20.5. The fourth-order valence-corrected chi connectivity index (χ4v) is 3.04. The number of aromatic nitrogens is 2. The van der Waals surface area contributed by atoms with Gasteiger partial charge in [-0.05, 0) is 31.2 Å². The first-order valence-electron chi connectivity index (χ1n) is 7.88. The van der Waals surface area contributed by atoms with E-state index >= 15 is 0 Å². The van der Waals surface area contributed by atoms with Gasteiger partial charge in [-0.15, -0.1) is 0 Å². The first kappa shape index (κ1) is 18.3. The van der Waals surface area contributed by atoms with Crippen molar-refractivity contribution in [2.75, 3.05) is 5.32 Å². The minimum absolute atomic E-state index is 0.267. The van der Waals surface area contributed by atoms with Gasteiger partial charge < -0.3 is 5.32 Å². The molecule has 0 saturated heterocycles. The molecule has 1 aliphatic carbocycles. The number of amides is 1. The third-order valence-corrected chi connectivity index (χ3v) is 4.59. The van der Waals surface area contributed by atoms with Gasteiger partial charge in [0, 0.05) is 36.9 Å². The zero-order valence-corrected chi connectivity index (χ0v) is 14.0. The van der Waals surface area contributed by atoms with Crippen molar-refractivity contribution < 1.29 is 26.7 Å². The van der Waals surface area contributed by atoms with Crippen molar-refractivity contribution in [2.45, 2.75) is 31.6 Å². The van der Waals surface area contributed by atoms with E-state index in [2.05, 4.69) is 10.4 Å². The van der Waals surface area contributed by atoms with Crippen LogP contribution >= 0.6 is 0 Å². The lowest BCUT2D eigenvalue weighted by atomic mass is 9.74. The van der Waals surface area contributed by atoms with E-state index in [0.717, 1.165) is 0 Å². The van der Waals surface area contributed by atoms with Crippen molar-refractivity contribution in [3.8, 4) is 11.3 Å². The van der Waals surface area contributed by atoms with Gasteiger partial charge in [0.2, 0.25) is 5.91 Å². The second-order valence-electron chi connectivity index (χ2n) is 6.43. The molecule has 2 aromatic rings. The van der Waals surface area contributed by atoms with Crippen LogP contribution in [0.15, 0.2) is 24.3 Å². The van der Waals surface area contributed by atoms with E-state index in [9.17, 15) is 26.7 Å². The van der Waals surface area contributed by atoms with Crippen molar-refractivity contribution >= 4 is 11.7 Å². The molecule has 0 aliphatic heterocycles. The summed E-state index contributed by atoms with van der Waals surface area (Å²) in [6.07, 6.45) is -1.72. The number of hydrogen-bond acceptors (Lipinski definition) is 2. The Labute approximate surface area is 146 Å². The van der Waals surface area contributed by atoms with Crippen molar-refractivity contribution in [3.63, 3.8) is 0 Å². The molecule has 0 bridgehead atoms. The molecule has 1 N–H and O–H groups in total. The number of carbonyl (C=O) groups excluding carboxylic acids is 1. The number of anilines is 1.